The van der Waals surface area contributed by atoms with Crippen LogP contribution in [0.4, 0.5) is 5.82 Å². The summed E-state index contributed by atoms with van der Waals surface area (Å²) >= 11 is 6.09. The number of nitrogens with one attached hydrogen (secondary N) is 1. The SMILES string of the molecule is CCN(c1ncncc1Cl)C1CCNC1. The Bertz CT molecular complexity index is 325. The van der Waals surface area contributed by atoms with E-state index in [-0.39, 0.29) is 0 Å². The predicted octanol–water partition coefficient (Wildman–Crippen LogP) is 1.32. The van der Waals surface area contributed by atoms with Crippen molar-refractivity contribution < 1.29 is 0 Å². The Hall–Kier alpha value is -0.870. The smallest absolute Gasteiger partial charge is 0.151 e. The Morgan fingerprint density at radius 2 is 2.53 bits per heavy atom. The van der Waals surface area contributed by atoms with Crippen molar-refractivity contribution in [1.82, 2.24) is 15.3 Å². The van der Waals surface area contributed by atoms with Crippen LogP contribution in [0.15, 0.2) is 12.5 Å². The summed E-state index contributed by atoms with van der Waals surface area (Å²) < 4.78 is 0. The Labute approximate surface area is 94.7 Å². The minimum Gasteiger partial charge on any atom is -0.351 e. The Balaban J connectivity index is 2.22. The van der Waals surface area contributed by atoms with E-state index >= 15 is 0 Å². The van der Waals surface area contributed by atoms with Crippen LogP contribution in [0.2, 0.25) is 5.02 Å². The minimum absolute atomic E-state index is 0.502. The molecule has 1 N–H and O–H groups in total. The van der Waals surface area contributed by atoms with Gasteiger partial charge in [-0.3, -0.25) is 0 Å². The van der Waals surface area contributed by atoms with Gasteiger partial charge in [-0.05, 0) is 19.9 Å². The van der Waals surface area contributed by atoms with E-state index in [0.29, 0.717) is 11.1 Å². The molecule has 1 atom stereocenters. The number of hydrogen-bond donors (Lipinski definition) is 1. The van der Waals surface area contributed by atoms with Crippen LogP contribution in [0.5, 0.6) is 0 Å². The third-order valence-corrected chi connectivity index (χ3v) is 3.00. The number of nitrogens with zero attached hydrogens (tertiary/aromatic N) is 3. The van der Waals surface area contributed by atoms with E-state index in [4.69, 9.17) is 11.6 Å². The molecule has 2 rings (SSSR count). The second-order valence-electron chi connectivity index (χ2n) is 3.63. The fraction of sp³-hybridized carbons (Fsp3) is 0.600. The lowest BCUT2D eigenvalue weighted by atomic mass is 10.2. The minimum atomic E-state index is 0.502. The van der Waals surface area contributed by atoms with Crippen LogP contribution in [-0.2, 0) is 0 Å². The van der Waals surface area contributed by atoms with Gasteiger partial charge in [-0.15, -0.1) is 0 Å². The zero-order valence-corrected chi connectivity index (χ0v) is 9.54. The third kappa shape index (κ3) is 2.21. The third-order valence-electron chi connectivity index (χ3n) is 2.74. The fourth-order valence-electron chi connectivity index (χ4n) is 2.00. The summed E-state index contributed by atoms with van der Waals surface area (Å²) in [6, 6.07) is 0.502. The van der Waals surface area contributed by atoms with Gasteiger partial charge < -0.3 is 10.2 Å². The molecule has 4 nitrogen and oxygen atoms in total. The van der Waals surface area contributed by atoms with Gasteiger partial charge in [-0.1, -0.05) is 11.6 Å². The van der Waals surface area contributed by atoms with Crippen molar-refractivity contribution >= 4 is 17.4 Å². The average Bonchev–Trinajstić information content (AvgIpc) is 2.75. The zero-order valence-electron chi connectivity index (χ0n) is 8.78. The normalized spacial score (nSPS) is 20.5. The monoisotopic (exact) mass is 226 g/mol. The van der Waals surface area contributed by atoms with Gasteiger partial charge in [0.1, 0.15) is 11.3 Å². The summed E-state index contributed by atoms with van der Waals surface area (Å²) in [6.07, 6.45) is 4.34. The van der Waals surface area contributed by atoms with E-state index in [1.165, 1.54) is 0 Å². The molecule has 0 bridgehead atoms. The van der Waals surface area contributed by atoms with Crippen LogP contribution in [0.3, 0.4) is 0 Å². The number of aromatic nitrogens is 2. The van der Waals surface area contributed by atoms with Gasteiger partial charge >= 0.3 is 0 Å². The van der Waals surface area contributed by atoms with E-state index in [0.717, 1.165) is 31.9 Å². The van der Waals surface area contributed by atoms with Crippen molar-refractivity contribution in [2.75, 3.05) is 24.5 Å². The van der Waals surface area contributed by atoms with Crippen LogP contribution in [-0.4, -0.2) is 35.6 Å². The van der Waals surface area contributed by atoms with Gasteiger partial charge in [-0.2, -0.15) is 0 Å². The van der Waals surface area contributed by atoms with Gasteiger partial charge in [0.25, 0.3) is 0 Å². The largest absolute Gasteiger partial charge is 0.351 e. The summed E-state index contributed by atoms with van der Waals surface area (Å²) in [7, 11) is 0. The molecular formula is C10H15ClN4. The topological polar surface area (TPSA) is 41.1 Å². The summed E-state index contributed by atoms with van der Waals surface area (Å²) in [5, 5.41) is 3.98. The maximum Gasteiger partial charge on any atom is 0.151 e. The van der Waals surface area contributed by atoms with Crippen molar-refractivity contribution in [1.29, 1.82) is 0 Å². The highest BCUT2D eigenvalue weighted by molar-refractivity contribution is 6.32. The second-order valence-corrected chi connectivity index (χ2v) is 4.03. The molecule has 1 saturated heterocycles. The van der Waals surface area contributed by atoms with Crippen LogP contribution < -0.4 is 10.2 Å². The van der Waals surface area contributed by atoms with E-state index in [1.54, 1.807) is 12.5 Å². The van der Waals surface area contributed by atoms with E-state index in [1.807, 2.05) is 0 Å². The molecule has 0 radical (unpaired) electrons. The standard InChI is InChI=1S/C10H15ClN4/c1-2-15(8-3-4-12-5-8)10-9(11)6-13-7-14-10/h6-8,12H,2-5H2,1H3. The first-order chi connectivity index (χ1) is 7.33. The lowest BCUT2D eigenvalue weighted by Gasteiger charge is -2.28. The van der Waals surface area contributed by atoms with Crippen molar-refractivity contribution in [2.24, 2.45) is 0 Å². The molecule has 1 aliphatic rings. The zero-order chi connectivity index (χ0) is 10.7. The molecule has 0 saturated carbocycles. The highest BCUT2D eigenvalue weighted by Gasteiger charge is 2.23. The molecular weight excluding hydrogens is 212 g/mol. The number of hydrogen-bond acceptors (Lipinski definition) is 4. The highest BCUT2D eigenvalue weighted by Crippen LogP contribution is 2.24. The maximum absolute atomic E-state index is 6.09. The number of halogens is 1. The molecule has 0 aromatic carbocycles. The van der Waals surface area contributed by atoms with Gasteiger partial charge in [0.05, 0.1) is 6.20 Å². The van der Waals surface area contributed by atoms with Crippen molar-refractivity contribution in [3.63, 3.8) is 0 Å². The molecule has 2 heterocycles. The summed E-state index contributed by atoms with van der Waals surface area (Å²) in [6.45, 7) is 5.12. The molecule has 5 heteroatoms. The van der Waals surface area contributed by atoms with Gasteiger partial charge in [0, 0.05) is 19.1 Å². The van der Waals surface area contributed by atoms with Crippen LogP contribution >= 0.6 is 11.6 Å². The first-order valence-corrected chi connectivity index (χ1v) is 5.63. The van der Waals surface area contributed by atoms with Gasteiger partial charge in [0.2, 0.25) is 0 Å². The van der Waals surface area contributed by atoms with E-state index in [9.17, 15) is 0 Å². The Morgan fingerprint density at radius 1 is 1.67 bits per heavy atom. The molecule has 82 valence electrons. The number of anilines is 1. The van der Waals surface area contributed by atoms with E-state index in [2.05, 4.69) is 27.1 Å². The quantitative estimate of drug-likeness (QED) is 0.844. The molecule has 1 aromatic rings. The molecule has 0 amide bonds. The first kappa shape index (κ1) is 10.6. The van der Waals surface area contributed by atoms with Crippen molar-refractivity contribution in [2.45, 2.75) is 19.4 Å². The summed E-state index contributed by atoms with van der Waals surface area (Å²) in [5.74, 6) is 0.850. The molecule has 15 heavy (non-hydrogen) atoms. The highest BCUT2D eigenvalue weighted by atomic mass is 35.5. The predicted molar refractivity (Wildman–Crippen MR) is 61.3 cm³/mol. The second kappa shape index (κ2) is 4.77. The van der Waals surface area contributed by atoms with Crippen LogP contribution in [0.25, 0.3) is 0 Å². The molecule has 1 aromatic heterocycles. The van der Waals surface area contributed by atoms with Crippen LogP contribution in [0, 0.1) is 0 Å². The average molecular weight is 227 g/mol. The number of rotatable bonds is 3. The lowest BCUT2D eigenvalue weighted by molar-refractivity contribution is 0.639. The molecule has 0 aliphatic carbocycles. The van der Waals surface area contributed by atoms with Crippen molar-refractivity contribution in [3.05, 3.63) is 17.5 Å². The molecule has 1 fully saturated rings. The van der Waals surface area contributed by atoms with Gasteiger partial charge in [-0.25, -0.2) is 9.97 Å². The van der Waals surface area contributed by atoms with Crippen LogP contribution in [0.1, 0.15) is 13.3 Å². The van der Waals surface area contributed by atoms with E-state index < -0.39 is 0 Å². The molecule has 1 aliphatic heterocycles. The fourth-order valence-corrected chi connectivity index (χ4v) is 2.22. The Kier molecular flexibility index (Phi) is 3.38. The molecule has 0 spiro atoms. The summed E-state index contributed by atoms with van der Waals surface area (Å²) in [4.78, 5) is 10.4. The molecule has 1 unspecified atom stereocenters. The van der Waals surface area contributed by atoms with Crippen molar-refractivity contribution in [3.8, 4) is 0 Å². The first-order valence-electron chi connectivity index (χ1n) is 5.25. The summed E-state index contributed by atoms with van der Waals surface area (Å²) in [5.41, 5.74) is 0. The lowest BCUT2D eigenvalue weighted by Crippen LogP contribution is -2.37. The Morgan fingerprint density at radius 3 is 3.13 bits per heavy atom. The van der Waals surface area contributed by atoms with Gasteiger partial charge in [0.15, 0.2) is 5.82 Å². The maximum atomic E-state index is 6.09. The number of likely N-dealkylation sites (N-methyl/N-ethyl adjacent to an activating group) is 1.